The number of carbonyl (C=O) groups excluding carboxylic acids is 2. The summed E-state index contributed by atoms with van der Waals surface area (Å²) in [6.07, 6.45) is 3.80. The van der Waals surface area contributed by atoms with Gasteiger partial charge in [0.15, 0.2) is 11.4 Å². The van der Waals surface area contributed by atoms with E-state index in [0.717, 1.165) is 31.5 Å². The second-order valence-electron chi connectivity index (χ2n) is 9.30. The highest BCUT2D eigenvalue weighted by Crippen LogP contribution is 2.30. The van der Waals surface area contributed by atoms with Crippen molar-refractivity contribution in [2.45, 2.75) is 32.7 Å². The van der Waals surface area contributed by atoms with Gasteiger partial charge in [-0.25, -0.2) is 14.2 Å². The van der Waals surface area contributed by atoms with Crippen molar-refractivity contribution in [3.63, 3.8) is 0 Å². The molecule has 0 bridgehead atoms. The van der Waals surface area contributed by atoms with E-state index >= 15 is 0 Å². The molecular formula is C29H28FN3O5S. The van der Waals surface area contributed by atoms with Crippen LogP contribution in [0.4, 0.5) is 4.39 Å². The van der Waals surface area contributed by atoms with E-state index in [4.69, 9.17) is 9.47 Å². The van der Waals surface area contributed by atoms with E-state index in [1.807, 2.05) is 4.90 Å². The molecule has 202 valence electrons. The Morgan fingerprint density at radius 1 is 1.10 bits per heavy atom. The van der Waals surface area contributed by atoms with Gasteiger partial charge in [-0.05, 0) is 68.2 Å². The Morgan fingerprint density at radius 3 is 2.46 bits per heavy atom. The second-order valence-corrected chi connectivity index (χ2v) is 10.3. The highest BCUT2D eigenvalue weighted by atomic mass is 32.1. The standard InChI is InChI=1S/C29H28FN3O5S/c1-3-37-28(36)25-18(2)31-29-33(26(25)20-8-10-21(30)11-9-20)27(35)23(39-29)16-19-6-12-22(13-7-19)38-17-24(34)32-14-4-5-15-32/h6-13,16,26H,3-5,14-15,17H2,1-2H3/b23-16+/t26-/m1/s1. The number of halogens is 1. The largest absolute Gasteiger partial charge is 0.484 e. The predicted octanol–water partition coefficient (Wildman–Crippen LogP) is 2.94. The van der Waals surface area contributed by atoms with Gasteiger partial charge in [-0.15, -0.1) is 0 Å². The first-order chi connectivity index (χ1) is 18.9. The molecule has 0 N–H and O–H groups in total. The third-order valence-corrected chi connectivity index (χ3v) is 7.68. The number of allylic oxidation sites excluding steroid dienone is 1. The number of fused-ring (bicyclic) bond motifs is 1. The fraction of sp³-hybridized carbons (Fsp3) is 0.310. The second kappa shape index (κ2) is 11.4. The van der Waals surface area contributed by atoms with E-state index in [0.29, 0.717) is 26.3 Å². The minimum Gasteiger partial charge on any atom is -0.484 e. The molecule has 0 aliphatic carbocycles. The zero-order valence-corrected chi connectivity index (χ0v) is 22.5. The molecule has 1 amide bonds. The molecule has 2 aromatic carbocycles. The summed E-state index contributed by atoms with van der Waals surface area (Å²) in [5, 5.41) is 0. The van der Waals surface area contributed by atoms with Crippen LogP contribution in [0.1, 0.15) is 43.9 Å². The Kier molecular flexibility index (Phi) is 7.74. The van der Waals surface area contributed by atoms with Crippen LogP contribution in [0.25, 0.3) is 6.08 Å². The maximum absolute atomic E-state index is 13.7. The molecule has 1 aromatic heterocycles. The number of benzene rings is 2. The fourth-order valence-corrected chi connectivity index (χ4v) is 5.81. The molecule has 2 aliphatic rings. The minimum atomic E-state index is -0.799. The molecule has 5 rings (SSSR count). The molecule has 1 saturated heterocycles. The molecule has 2 aliphatic heterocycles. The van der Waals surface area contributed by atoms with Crippen LogP contribution in [-0.4, -0.2) is 47.6 Å². The molecule has 10 heteroatoms. The number of aromatic nitrogens is 1. The molecule has 8 nitrogen and oxygen atoms in total. The van der Waals surface area contributed by atoms with E-state index in [1.54, 1.807) is 56.3 Å². The zero-order valence-electron chi connectivity index (χ0n) is 21.7. The molecule has 39 heavy (non-hydrogen) atoms. The normalized spacial score (nSPS) is 17.2. The van der Waals surface area contributed by atoms with Gasteiger partial charge < -0.3 is 14.4 Å². The van der Waals surface area contributed by atoms with Gasteiger partial charge in [0.1, 0.15) is 11.6 Å². The highest BCUT2D eigenvalue weighted by Gasteiger charge is 2.33. The number of ether oxygens (including phenoxy) is 2. The first-order valence-corrected chi connectivity index (χ1v) is 13.6. The third-order valence-electron chi connectivity index (χ3n) is 6.70. The van der Waals surface area contributed by atoms with Crippen LogP contribution in [0.15, 0.2) is 69.6 Å². The Morgan fingerprint density at radius 2 is 1.79 bits per heavy atom. The molecule has 3 aromatic rings. The summed E-state index contributed by atoms with van der Waals surface area (Å²) >= 11 is 1.21. The van der Waals surface area contributed by atoms with Crippen LogP contribution in [0.5, 0.6) is 5.75 Å². The number of esters is 1. The number of carbonyl (C=O) groups is 2. The van der Waals surface area contributed by atoms with E-state index in [2.05, 4.69) is 4.99 Å². The molecule has 0 spiro atoms. The van der Waals surface area contributed by atoms with Gasteiger partial charge in [-0.1, -0.05) is 35.6 Å². The van der Waals surface area contributed by atoms with Crippen molar-refractivity contribution in [2.75, 3.05) is 26.3 Å². The summed E-state index contributed by atoms with van der Waals surface area (Å²) in [5.41, 5.74) is 1.70. The van der Waals surface area contributed by atoms with Gasteiger partial charge in [0.05, 0.1) is 28.5 Å². The van der Waals surface area contributed by atoms with Crippen molar-refractivity contribution < 1.29 is 23.5 Å². The van der Waals surface area contributed by atoms with Gasteiger partial charge in [0.2, 0.25) is 0 Å². The van der Waals surface area contributed by atoms with Crippen molar-refractivity contribution in [2.24, 2.45) is 4.99 Å². The van der Waals surface area contributed by atoms with Crippen molar-refractivity contribution in [3.05, 3.63) is 96.4 Å². The first kappa shape index (κ1) is 26.6. The van der Waals surface area contributed by atoms with E-state index < -0.39 is 17.8 Å². The number of amides is 1. The average molecular weight is 550 g/mol. The Balaban J connectivity index is 1.46. The Bertz CT molecular complexity index is 1600. The molecular weight excluding hydrogens is 521 g/mol. The van der Waals surface area contributed by atoms with Crippen LogP contribution in [0.2, 0.25) is 0 Å². The fourth-order valence-electron chi connectivity index (χ4n) is 4.77. The lowest BCUT2D eigenvalue weighted by Gasteiger charge is -2.24. The van der Waals surface area contributed by atoms with Crippen LogP contribution in [-0.2, 0) is 14.3 Å². The minimum absolute atomic E-state index is 0.0104. The van der Waals surface area contributed by atoms with Crippen molar-refractivity contribution in [1.29, 1.82) is 0 Å². The lowest BCUT2D eigenvalue weighted by molar-refractivity contribution is -0.139. The number of hydrogen-bond acceptors (Lipinski definition) is 7. The Hall–Kier alpha value is -4.05. The number of hydrogen-bond donors (Lipinski definition) is 0. The summed E-state index contributed by atoms with van der Waals surface area (Å²) in [4.78, 5) is 45.6. The lowest BCUT2D eigenvalue weighted by atomic mass is 9.96. The van der Waals surface area contributed by atoms with Gasteiger partial charge >= 0.3 is 5.97 Å². The van der Waals surface area contributed by atoms with Crippen LogP contribution in [0.3, 0.4) is 0 Å². The summed E-state index contributed by atoms with van der Waals surface area (Å²) in [7, 11) is 0. The van der Waals surface area contributed by atoms with Gasteiger partial charge in [-0.2, -0.15) is 0 Å². The molecule has 1 atom stereocenters. The highest BCUT2D eigenvalue weighted by molar-refractivity contribution is 7.07. The first-order valence-electron chi connectivity index (χ1n) is 12.8. The molecule has 0 unspecified atom stereocenters. The summed E-state index contributed by atoms with van der Waals surface area (Å²) < 4.78 is 26.5. The van der Waals surface area contributed by atoms with Crippen LogP contribution < -0.4 is 19.6 Å². The van der Waals surface area contributed by atoms with Gasteiger partial charge in [0, 0.05) is 13.1 Å². The number of nitrogens with zero attached hydrogens (tertiary/aromatic N) is 3. The zero-order chi connectivity index (χ0) is 27.5. The SMILES string of the molecule is CCOC(=O)C1=C(C)N=c2s/c(=C/c3ccc(OCC(=O)N4CCCC4)cc3)c(=O)n2[C@@H]1c1ccc(F)cc1. The summed E-state index contributed by atoms with van der Waals surface area (Å²) in [6, 6.07) is 12.0. The van der Waals surface area contributed by atoms with E-state index in [-0.39, 0.29) is 30.3 Å². The van der Waals surface area contributed by atoms with Gasteiger partial charge in [0.25, 0.3) is 11.5 Å². The van der Waals surface area contributed by atoms with Gasteiger partial charge in [-0.3, -0.25) is 14.2 Å². The lowest BCUT2D eigenvalue weighted by Crippen LogP contribution is -2.39. The van der Waals surface area contributed by atoms with Crippen LogP contribution >= 0.6 is 11.3 Å². The number of likely N-dealkylation sites (tertiary alicyclic amines) is 1. The molecule has 0 saturated carbocycles. The van der Waals surface area contributed by atoms with Crippen molar-refractivity contribution in [3.8, 4) is 5.75 Å². The maximum Gasteiger partial charge on any atom is 0.338 e. The van der Waals surface area contributed by atoms with Crippen LogP contribution in [0, 0.1) is 5.82 Å². The quantitative estimate of drug-likeness (QED) is 0.423. The van der Waals surface area contributed by atoms with Crippen molar-refractivity contribution >= 4 is 29.3 Å². The third kappa shape index (κ3) is 5.56. The van der Waals surface area contributed by atoms with E-state index in [1.165, 1.54) is 28.0 Å². The topological polar surface area (TPSA) is 90.2 Å². The summed E-state index contributed by atoms with van der Waals surface area (Å²) in [5.74, 6) is -0.448. The Labute approximate surface area is 228 Å². The predicted molar refractivity (Wildman–Crippen MR) is 145 cm³/mol. The monoisotopic (exact) mass is 549 g/mol. The number of thiazole rings is 1. The van der Waals surface area contributed by atoms with E-state index in [9.17, 15) is 18.8 Å². The smallest absolute Gasteiger partial charge is 0.338 e. The molecule has 3 heterocycles. The molecule has 1 fully saturated rings. The van der Waals surface area contributed by atoms with Crippen molar-refractivity contribution in [1.82, 2.24) is 9.47 Å². The number of rotatable bonds is 7. The summed E-state index contributed by atoms with van der Waals surface area (Å²) in [6.45, 7) is 5.12. The maximum atomic E-state index is 13.7. The average Bonchev–Trinajstić information content (AvgIpc) is 3.57. The molecule has 0 radical (unpaired) electrons.